The Bertz CT molecular complexity index is 1490. The highest BCUT2D eigenvalue weighted by Crippen LogP contribution is 2.43. The fourth-order valence-electron chi connectivity index (χ4n) is 5.88. The van der Waals surface area contributed by atoms with E-state index in [1.165, 1.54) is 22.1 Å². The number of esters is 1. The first-order chi connectivity index (χ1) is 18.3. The maximum atomic E-state index is 12.0. The number of fused-ring (bicyclic) bond motifs is 1. The second-order valence-electron chi connectivity index (χ2n) is 9.86. The summed E-state index contributed by atoms with van der Waals surface area (Å²) in [6.07, 6.45) is 2.58. The van der Waals surface area contributed by atoms with Crippen molar-refractivity contribution in [3.05, 3.63) is 86.7 Å². The molecule has 1 fully saturated rings. The van der Waals surface area contributed by atoms with Crippen molar-refractivity contribution < 1.29 is 24.2 Å². The third-order valence-corrected chi connectivity index (χ3v) is 8.65. The minimum Gasteiger partial charge on any atom is -0.496 e. The molecule has 0 radical (unpaired) electrons. The molecule has 4 aromatic rings. The van der Waals surface area contributed by atoms with Crippen LogP contribution < -0.4 is 4.74 Å². The van der Waals surface area contributed by atoms with Crippen LogP contribution in [0.2, 0.25) is 0 Å². The number of carboxylic acid groups (broad SMARTS) is 1. The maximum absolute atomic E-state index is 12.0. The Balaban J connectivity index is 1.55. The quantitative estimate of drug-likeness (QED) is 0.276. The topological polar surface area (TPSA) is 81.0 Å². The van der Waals surface area contributed by atoms with Crippen molar-refractivity contribution in [3.8, 4) is 5.75 Å². The Morgan fingerprint density at radius 1 is 1.11 bits per heavy atom. The number of hydrogen-bond acceptors (Lipinski definition) is 6. The number of ether oxygens (including phenoxy) is 2. The Morgan fingerprint density at radius 3 is 2.50 bits per heavy atom. The van der Waals surface area contributed by atoms with Gasteiger partial charge in [-0.3, -0.25) is 9.47 Å². The smallest absolute Gasteiger partial charge is 0.416 e. The van der Waals surface area contributed by atoms with E-state index in [0.717, 1.165) is 47.2 Å². The van der Waals surface area contributed by atoms with E-state index in [2.05, 4.69) is 23.3 Å². The molecule has 2 aromatic heterocycles. The zero-order valence-corrected chi connectivity index (χ0v) is 22.9. The summed E-state index contributed by atoms with van der Waals surface area (Å²) in [7, 11) is 3.05. The van der Waals surface area contributed by atoms with Gasteiger partial charge >= 0.3 is 12.1 Å². The van der Waals surface area contributed by atoms with Gasteiger partial charge in [0.2, 0.25) is 0 Å². The summed E-state index contributed by atoms with van der Waals surface area (Å²) in [6, 6.07) is 13.9. The summed E-state index contributed by atoms with van der Waals surface area (Å²) in [4.78, 5) is 27.7. The van der Waals surface area contributed by atoms with Gasteiger partial charge in [0.25, 0.3) is 0 Å². The molecule has 7 nitrogen and oxygen atoms in total. The van der Waals surface area contributed by atoms with Crippen LogP contribution in [0.25, 0.3) is 10.9 Å². The number of benzene rings is 2. The van der Waals surface area contributed by atoms with Crippen LogP contribution in [0.15, 0.2) is 54.0 Å². The summed E-state index contributed by atoms with van der Waals surface area (Å²) in [6.45, 7) is 5.59. The third kappa shape index (κ3) is 4.70. The predicted molar refractivity (Wildman–Crippen MR) is 149 cm³/mol. The number of methoxy groups -OCH3 is 2. The van der Waals surface area contributed by atoms with Gasteiger partial charge in [-0.05, 0) is 91.6 Å². The van der Waals surface area contributed by atoms with Crippen LogP contribution in [-0.4, -0.2) is 47.4 Å². The predicted octanol–water partition coefficient (Wildman–Crippen LogP) is 6.76. The Labute approximate surface area is 226 Å². The van der Waals surface area contributed by atoms with Crippen LogP contribution in [0.3, 0.4) is 0 Å². The van der Waals surface area contributed by atoms with Crippen LogP contribution in [0, 0.1) is 13.8 Å². The summed E-state index contributed by atoms with van der Waals surface area (Å²) in [5.41, 5.74) is 5.61. The molecule has 2 atom stereocenters. The highest BCUT2D eigenvalue weighted by atomic mass is 32.1. The van der Waals surface area contributed by atoms with Gasteiger partial charge in [-0.25, -0.2) is 9.59 Å². The van der Waals surface area contributed by atoms with Crippen molar-refractivity contribution in [1.82, 2.24) is 9.47 Å². The van der Waals surface area contributed by atoms with Gasteiger partial charge in [0, 0.05) is 34.6 Å². The van der Waals surface area contributed by atoms with Crippen LogP contribution in [-0.2, 0) is 11.3 Å². The molecule has 3 heterocycles. The fourth-order valence-corrected chi connectivity index (χ4v) is 6.67. The van der Waals surface area contributed by atoms with Crippen molar-refractivity contribution in [2.45, 2.75) is 45.2 Å². The maximum Gasteiger partial charge on any atom is 0.416 e. The van der Waals surface area contributed by atoms with Crippen molar-refractivity contribution >= 4 is 34.3 Å². The Hall–Kier alpha value is -3.62. The van der Waals surface area contributed by atoms with E-state index >= 15 is 0 Å². The van der Waals surface area contributed by atoms with Gasteiger partial charge in [-0.15, -0.1) is 11.3 Å². The minimum atomic E-state index is -1.00. The average Bonchev–Trinajstić information content (AvgIpc) is 3.57. The molecule has 1 aliphatic heterocycles. The zero-order chi connectivity index (χ0) is 27.0. The molecule has 1 N–H and O–H groups in total. The molecular weight excluding hydrogens is 500 g/mol. The molecule has 0 amide bonds. The zero-order valence-electron chi connectivity index (χ0n) is 22.1. The fraction of sp³-hybridized carbons (Fsp3) is 0.333. The number of aryl methyl sites for hydroxylation is 2. The molecule has 1 saturated heterocycles. The van der Waals surface area contributed by atoms with Crippen LogP contribution in [0.1, 0.15) is 62.3 Å². The first-order valence-corrected chi connectivity index (χ1v) is 13.6. The summed E-state index contributed by atoms with van der Waals surface area (Å²) in [5, 5.41) is 12.8. The normalized spacial score (nSPS) is 18.0. The van der Waals surface area contributed by atoms with Crippen molar-refractivity contribution in [2.24, 2.45) is 0 Å². The van der Waals surface area contributed by atoms with Crippen molar-refractivity contribution in [2.75, 3.05) is 20.8 Å². The largest absolute Gasteiger partial charge is 0.496 e. The molecule has 1 aliphatic rings. The van der Waals surface area contributed by atoms with Crippen molar-refractivity contribution in [3.63, 3.8) is 0 Å². The number of rotatable bonds is 6. The molecule has 0 bridgehead atoms. The van der Waals surface area contributed by atoms with E-state index in [1.807, 2.05) is 43.3 Å². The number of hydrogen-bond donors (Lipinski definition) is 1. The highest BCUT2D eigenvalue weighted by molar-refractivity contribution is 7.10. The van der Waals surface area contributed by atoms with E-state index in [0.29, 0.717) is 23.5 Å². The van der Waals surface area contributed by atoms with Gasteiger partial charge in [0.05, 0.1) is 25.3 Å². The number of likely N-dealkylation sites (tertiary alicyclic amines) is 1. The number of carbonyl (C=O) groups is 2. The van der Waals surface area contributed by atoms with Crippen molar-refractivity contribution in [1.29, 1.82) is 0 Å². The van der Waals surface area contributed by atoms with Crippen LogP contribution in [0.5, 0.6) is 5.75 Å². The van der Waals surface area contributed by atoms with Gasteiger partial charge in [-0.2, -0.15) is 0 Å². The lowest BCUT2D eigenvalue weighted by Crippen LogP contribution is -2.36. The molecule has 198 valence electrons. The van der Waals surface area contributed by atoms with Gasteiger partial charge in [-0.1, -0.05) is 12.1 Å². The number of carbonyl (C=O) groups excluding carboxylic acids is 1. The first-order valence-electron chi connectivity index (χ1n) is 12.7. The monoisotopic (exact) mass is 532 g/mol. The van der Waals surface area contributed by atoms with E-state index in [9.17, 15) is 14.7 Å². The molecule has 38 heavy (non-hydrogen) atoms. The second kappa shape index (κ2) is 10.6. The number of thiophene rings is 1. The minimum absolute atomic E-state index is 0.113. The lowest BCUT2D eigenvalue weighted by Gasteiger charge is -2.40. The van der Waals surface area contributed by atoms with Gasteiger partial charge in [0.15, 0.2) is 0 Å². The Morgan fingerprint density at radius 2 is 1.87 bits per heavy atom. The lowest BCUT2D eigenvalue weighted by molar-refractivity contribution is 0.0600. The van der Waals surface area contributed by atoms with Gasteiger partial charge < -0.3 is 14.6 Å². The molecular formula is C30H32N2O5S. The van der Waals surface area contributed by atoms with E-state index < -0.39 is 6.09 Å². The molecule has 0 saturated carbocycles. The standard InChI is InChI=1S/C30H32N2O5S/c1-18-15-27(36-3)25(24-10-13-32(28(18)24)30(34)35)17-31-12-9-22(23-11-14-38-19(23)2)16-26(31)20-5-7-21(8-6-20)29(33)37-4/h5-8,10-11,13-15,22,26H,9,12,16-17H2,1-4H3,(H,34,35)/t22?,26-/m0/s1. The van der Waals surface area contributed by atoms with Crippen LogP contribution >= 0.6 is 11.3 Å². The second-order valence-corrected chi connectivity index (χ2v) is 11.0. The molecule has 8 heteroatoms. The molecule has 0 aliphatic carbocycles. The third-order valence-electron chi connectivity index (χ3n) is 7.79. The lowest BCUT2D eigenvalue weighted by atomic mass is 9.82. The Kier molecular flexibility index (Phi) is 7.27. The SMILES string of the molecule is COC(=O)c1ccc([C@@H]2CC(c3ccsc3C)CCN2Cc2c(OC)cc(C)c3c2ccn3C(=O)O)cc1. The molecule has 0 spiro atoms. The summed E-state index contributed by atoms with van der Waals surface area (Å²) in [5.74, 6) is 0.850. The number of nitrogens with zero attached hydrogens (tertiary/aromatic N) is 2. The van der Waals surface area contributed by atoms with Crippen LogP contribution in [0.4, 0.5) is 4.79 Å². The summed E-state index contributed by atoms with van der Waals surface area (Å²) < 4.78 is 12.0. The van der Waals surface area contributed by atoms with Gasteiger partial charge in [0.1, 0.15) is 5.75 Å². The molecule has 1 unspecified atom stereocenters. The summed E-state index contributed by atoms with van der Waals surface area (Å²) >= 11 is 1.79. The first kappa shape index (κ1) is 26.0. The van der Waals surface area contributed by atoms with E-state index in [4.69, 9.17) is 9.47 Å². The van der Waals surface area contributed by atoms with E-state index in [1.54, 1.807) is 24.6 Å². The number of aromatic nitrogens is 1. The average molecular weight is 533 g/mol. The number of piperidine rings is 1. The molecule has 2 aromatic carbocycles. The highest BCUT2D eigenvalue weighted by Gasteiger charge is 2.32. The molecule has 5 rings (SSSR count). The van der Waals surface area contributed by atoms with E-state index in [-0.39, 0.29) is 12.0 Å².